The SMILES string of the molecule is O=S(=O)(NCC1CCCC(O)C1)c1ccnc(Cl)c1. The van der Waals surface area contributed by atoms with E-state index in [0.717, 1.165) is 19.3 Å². The van der Waals surface area contributed by atoms with E-state index >= 15 is 0 Å². The summed E-state index contributed by atoms with van der Waals surface area (Å²) in [5.74, 6) is 0.191. The van der Waals surface area contributed by atoms with Crippen molar-refractivity contribution in [2.75, 3.05) is 6.54 Å². The molecular weight excluding hydrogens is 288 g/mol. The summed E-state index contributed by atoms with van der Waals surface area (Å²) in [6.07, 6.45) is 4.40. The highest BCUT2D eigenvalue weighted by Gasteiger charge is 2.22. The van der Waals surface area contributed by atoms with Crippen molar-refractivity contribution in [1.82, 2.24) is 9.71 Å². The van der Waals surface area contributed by atoms with Crippen molar-refractivity contribution < 1.29 is 13.5 Å². The molecule has 2 unspecified atom stereocenters. The number of hydrogen-bond donors (Lipinski definition) is 2. The zero-order chi connectivity index (χ0) is 13.9. The van der Waals surface area contributed by atoms with Gasteiger partial charge in [-0.1, -0.05) is 18.0 Å². The Hall–Kier alpha value is -0.690. The first kappa shape index (κ1) is 14.7. The van der Waals surface area contributed by atoms with Crippen LogP contribution in [0.5, 0.6) is 0 Å². The van der Waals surface area contributed by atoms with Crippen LogP contribution in [-0.2, 0) is 10.0 Å². The molecule has 7 heteroatoms. The molecule has 1 heterocycles. The van der Waals surface area contributed by atoms with Crippen molar-refractivity contribution in [3.63, 3.8) is 0 Å². The monoisotopic (exact) mass is 304 g/mol. The number of hydrogen-bond acceptors (Lipinski definition) is 4. The quantitative estimate of drug-likeness (QED) is 0.828. The van der Waals surface area contributed by atoms with Crippen LogP contribution >= 0.6 is 11.6 Å². The van der Waals surface area contributed by atoms with Gasteiger partial charge in [0, 0.05) is 12.7 Å². The maximum absolute atomic E-state index is 12.0. The maximum atomic E-state index is 12.0. The molecule has 1 aromatic heterocycles. The molecule has 2 N–H and O–H groups in total. The van der Waals surface area contributed by atoms with Crippen molar-refractivity contribution in [3.8, 4) is 0 Å². The van der Waals surface area contributed by atoms with Crippen molar-refractivity contribution in [2.45, 2.75) is 36.7 Å². The Morgan fingerprint density at radius 3 is 2.95 bits per heavy atom. The van der Waals surface area contributed by atoms with E-state index < -0.39 is 10.0 Å². The third kappa shape index (κ3) is 4.14. The topological polar surface area (TPSA) is 79.3 Å². The number of aliphatic hydroxyl groups excluding tert-OH is 1. The lowest BCUT2D eigenvalue weighted by molar-refractivity contribution is 0.102. The zero-order valence-electron chi connectivity index (χ0n) is 10.4. The first-order valence-corrected chi connectivity index (χ1v) is 8.13. The Balaban J connectivity index is 1.98. The molecule has 2 rings (SSSR count). The van der Waals surface area contributed by atoms with Gasteiger partial charge in [0.15, 0.2) is 0 Å². The van der Waals surface area contributed by atoms with E-state index in [-0.39, 0.29) is 22.1 Å². The smallest absolute Gasteiger partial charge is 0.240 e. The predicted molar refractivity (Wildman–Crippen MR) is 72.4 cm³/mol. The molecule has 1 aromatic rings. The van der Waals surface area contributed by atoms with Gasteiger partial charge in [0.05, 0.1) is 11.0 Å². The molecule has 1 saturated carbocycles. The minimum atomic E-state index is -3.56. The second kappa shape index (κ2) is 6.17. The van der Waals surface area contributed by atoms with Crippen molar-refractivity contribution in [1.29, 1.82) is 0 Å². The van der Waals surface area contributed by atoms with Crippen LogP contribution in [0.1, 0.15) is 25.7 Å². The Labute approximate surface area is 118 Å². The molecule has 0 aliphatic heterocycles. The van der Waals surface area contributed by atoms with Crippen LogP contribution in [0.2, 0.25) is 5.15 Å². The molecule has 5 nitrogen and oxygen atoms in total. The zero-order valence-corrected chi connectivity index (χ0v) is 12.0. The Morgan fingerprint density at radius 2 is 2.26 bits per heavy atom. The van der Waals surface area contributed by atoms with Gasteiger partial charge in [-0.2, -0.15) is 0 Å². The Morgan fingerprint density at radius 1 is 1.47 bits per heavy atom. The highest BCUT2D eigenvalue weighted by molar-refractivity contribution is 7.89. The van der Waals surface area contributed by atoms with Gasteiger partial charge in [-0.25, -0.2) is 18.1 Å². The van der Waals surface area contributed by atoms with Gasteiger partial charge < -0.3 is 5.11 Å². The molecule has 1 aliphatic carbocycles. The van der Waals surface area contributed by atoms with Crippen molar-refractivity contribution in [3.05, 3.63) is 23.5 Å². The number of aliphatic hydroxyl groups is 1. The third-order valence-electron chi connectivity index (χ3n) is 3.33. The molecule has 0 aromatic carbocycles. The number of aromatic nitrogens is 1. The number of rotatable bonds is 4. The number of nitrogens with one attached hydrogen (secondary N) is 1. The van der Waals surface area contributed by atoms with Crippen LogP contribution in [0.4, 0.5) is 0 Å². The molecule has 19 heavy (non-hydrogen) atoms. The molecule has 106 valence electrons. The molecule has 1 aliphatic rings. The summed E-state index contributed by atoms with van der Waals surface area (Å²) in [5, 5.41) is 9.71. The minimum absolute atomic E-state index is 0.115. The third-order valence-corrected chi connectivity index (χ3v) is 4.95. The van der Waals surface area contributed by atoms with E-state index in [1.54, 1.807) is 0 Å². The van der Waals surface area contributed by atoms with Gasteiger partial charge in [0.2, 0.25) is 10.0 Å². The van der Waals surface area contributed by atoms with Gasteiger partial charge in [-0.05, 0) is 37.3 Å². The molecule has 0 spiro atoms. The standard InChI is InChI=1S/C12H17ClN2O3S/c13-12-7-11(4-5-14-12)19(17,18)15-8-9-2-1-3-10(16)6-9/h4-5,7,9-10,15-16H,1-3,6,8H2. The van der Waals surface area contributed by atoms with Gasteiger partial charge >= 0.3 is 0 Å². The highest BCUT2D eigenvalue weighted by Crippen LogP contribution is 2.24. The Kier molecular flexibility index (Phi) is 4.78. The van der Waals surface area contributed by atoms with Crippen LogP contribution in [0.25, 0.3) is 0 Å². The summed E-state index contributed by atoms with van der Waals surface area (Å²) in [6, 6.07) is 2.73. The lowest BCUT2D eigenvalue weighted by Crippen LogP contribution is -2.33. The molecule has 0 bridgehead atoms. The Bertz CT molecular complexity index is 536. The van der Waals surface area contributed by atoms with Crippen LogP contribution in [0.3, 0.4) is 0 Å². The van der Waals surface area contributed by atoms with E-state index in [1.165, 1.54) is 18.3 Å². The summed E-state index contributed by atoms with van der Waals surface area (Å²) in [5.41, 5.74) is 0. The molecule has 1 fully saturated rings. The molecular formula is C12H17ClN2O3S. The van der Waals surface area contributed by atoms with Gasteiger partial charge in [-0.15, -0.1) is 0 Å². The molecule has 0 saturated heterocycles. The van der Waals surface area contributed by atoms with E-state index in [2.05, 4.69) is 9.71 Å². The molecule has 2 atom stereocenters. The van der Waals surface area contributed by atoms with E-state index in [1.807, 2.05) is 0 Å². The van der Waals surface area contributed by atoms with Gasteiger partial charge in [0.1, 0.15) is 5.15 Å². The van der Waals surface area contributed by atoms with Gasteiger partial charge in [-0.3, -0.25) is 0 Å². The van der Waals surface area contributed by atoms with Crippen molar-refractivity contribution in [2.24, 2.45) is 5.92 Å². The average molecular weight is 305 g/mol. The fourth-order valence-corrected chi connectivity index (χ4v) is 3.68. The maximum Gasteiger partial charge on any atom is 0.240 e. The van der Waals surface area contributed by atoms with Crippen LogP contribution < -0.4 is 4.72 Å². The second-order valence-electron chi connectivity index (χ2n) is 4.85. The van der Waals surface area contributed by atoms with E-state index in [9.17, 15) is 13.5 Å². The number of pyridine rings is 1. The van der Waals surface area contributed by atoms with Crippen LogP contribution in [0.15, 0.2) is 23.2 Å². The van der Waals surface area contributed by atoms with Gasteiger partial charge in [0.25, 0.3) is 0 Å². The lowest BCUT2D eigenvalue weighted by atomic mass is 9.87. The van der Waals surface area contributed by atoms with Crippen LogP contribution in [-0.4, -0.2) is 31.2 Å². The second-order valence-corrected chi connectivity index (χ2v) is 7.01. The fraction of sp³-hybridized carbons (Fsp3) is 0.583. The highest BCUT2D eigenvalue weighted by atomic mass is 35.5. The summed E-state index contributed by atoms with van der Waals surface area (Å²) < 4.78 is 26.7. The van der Waals surface area contributed by atoms with Crippen molar-refractivity contribution >= 4 is 21.6 Å². The van der Waals surface area contributed by atoms with E-state index in [0.29, 0.717) is 13.0 Å². The first-order valence-electron chi connectivity index (χ1n) is 6.26. The minimum Gasteiger partial charge on any atom is -0.393 e. The number of sulfonamides is 1. The summed E-state index contributed by atoms with van der Waals surface area (Å²) >= 11 is 5.68. The van der Waals surface area contributed by atoms with Crippen LogP contribution in [0, 0.1) is 5.92 Å². The lowest BCUT2D eigenvalue weighted by Gasteiger charge is -2.25. The fourth-order valence-electron chi connectivity index (χ4n) is 2.31. The molecule has 0 amide bonds. The summed E-state index contributed by atoms with van der Waals surface area (Å²) in [4.78, 5) is 3.87. The first-order chi connectivity index (χ1) is 8.97. The summed E-state index contributed by atoms with van der Waals surface area (Å²) in [6.45, 7) is 0.347. The molecule has 0 radical (unpaired) electrons. The number of halogens is 1. The normalized spacial score (nSPS) is 24.3. The summed E-state index contributed by atoms with van der Waals surface area (Å²) in [7, 11) is -3.56. The number of nitrogens with zero attached hydrogens (tertiary/aromatic N) is 1. The average Bonchev–Trinajstić information content (AvgIpc) is 2.37. The largest absolute Gasteiger partial charge is 0.393 e. The van der Waals surface area contributed by atoms with E-state index in [4.69, 9.17) is 11.6 Å². The predicted octanol–water partition coefficient (Wildman–Crippen LogP) is 1.56.